The number of nitrogens with zero attached hydrogens (tertiary/aromatic N) is 4. The van der Waals surface area contributed by atoms with E-state index < -0.39 is 23.7 Å². The van der Waals surface area contributed by atoms with Crippen molar-refractivity contribution in [2.24, 2.45) is 13.0 Å². The van der Waals surface area contributed by atoms with Gasteiger partial charge in [-0.05, 0) is 55.5 Å². The highest BCUT2D eigenvalue weighted by Gasteiger charge is 2.28. The van der Waals surface area contributed by atoms with Crippen molar-refractivity contribution >= 4 is 12.1 Å². The Kier molecular flexibility index (Phi) is 8.00. The fourth-order valence-corrected chi connectivity index (χ4v) is 4.38. The van der Waals surface area contributed by atoms with Crippen molar-refractivity contribution in [3.8, 4) is 17.0 Å². The van der Waals surface area contributed by atoms with Crippen LogP contribution in [0.15, 0.2) is 42.7 Å². The van der Waals surface area contributed by atoms with Crippen molar-refractivity contribution in [1.82, 2.24) is 19.7 Å². The lowest BCUT2D eigenvalue weighted by Crippen LogP contribution is -2.29. The maximum absolute atomic E-state index is 13.4. The summed E-state index contributed by atoms with van der Waals surface area (Å²) in [5, 5.41) is 13.6. The Labute approximate surface area is 212 Å². The predicted octanol–water partition coefficient (Wildman–Crippen LogP) is 4.55. The van der Waals surface area contributed by atoms with Gasteiger partial charge in [-0.2, -0.15) is 5.10 Å². The summed E-state index contributed by atoms with van der Waals surface area (Å²) in [6.45, 7) is -0.117. The van der Waals surface area contributed by atoms with Gasteiger partial charge in [0.25, 0.3) is 0 Å². The Bertz CT molecular complexity index is 1240. The lowest BCUT2D eigenvalue weighted by atomic mass is 9.87. The second-order valence-corrected chi connectivity index (χ2v) is 9.14. The van der Waals surface area contributed by atoms with Crippen molar-refractivity contribution in [3.05, 3.63) is 65.6 Å². The first kappa shape index (κ1) is 26.1. The molecule has 1 N–H and O–H groups in total. The molecule has 1 aliphatic carbocycles. The molecule has 2 aromatic heterocycles. The van der Waals surface area contributed by atoms with E-state index in [-0.39, 0.29) is 30.7 Å². The number of aromatic nitrogens is 3. The number of hydrogen-bond acceptors (Lipinski definition) is 6. The third kappa shape index (κ3) is 6.60. The van der Waals surface area contributed by atoms with Gasteiger partial charge in [0.1, 0.15) is 24.0 Å². The van der Waals surface area contributed by atoms with E-state index in [1.807, 2.05) is 0 Å². The topological polar surface area (TPSA) is 107 Å². The first-order valence-electron chi connectivity index (χ1n) is 11.9. The van der Waals surface area contributed by atoms with Crippen LogP contribution in [-0.2, 0) is 29.7 Å². The number of benzene rings is 1. The Balaban J connectivity index is 1.38. The summed E-state index contributed by atoms with van der Waals surface area (Å²) >= 11 is 0. The number of carbonyl (C=O) groups excluding carboxylic acids is 1. The molecule has 0 radical (unpaired) electrons. The van der Waals surface area contributed by atoms with Crippen molar-refractivity contribution in [3.63, 3.8) is 0 Å². The highest BCUT2D eigenvalue weighted by Crippen LogP contribution is 2.29. The van der Waals surface area contributed by atoms with Crippen LogP contribution in [0.5, 0.6) is 5.75 Å². The summed E-state index contributed by atoms with van der Waals surface area (Å²) in [5.74, 6) is -2.11. The summed E-state index contributed by atoms with van der Waals surface area (Å²) in [6.07, 6.45) is 5.15. The standard InChI is InChI=1S/C26H28F2N4O5/c1-31(26(35)36-15-16-8-18(27)11-19(28)9-16)14-24-22(13-30-32(24)2)23-7-6-21(12-29-23)37-20-5-3-4-17(10-20)25(33)34/h6-9,11-13,17,20H,3-5,10,14-15H2,1-2H3,(H,33,34)/t17-,20-/m0/s1. The zero-order valence-electron chi connectivity index (χ0n) is 20.6. The number of carboxylic acid groups (broad SMARTS) is 1. The number of ether oxygens (including phenoxy) is 2. The third-order valence-electron chi connectivity index (χ3n) is 6.34. The van der Waals surface area contributed by atoms with Gasteiger partial charge in [-0.3, -0.25) is 14.5 Å². The van der Waals surface area contributed by atoms with Gasteiger partial charge in [0.05, 0.1) is 42.3 Å². The third-order valence-corrected chi connectivity index (χ3v) is 6.34. The van der Waals surface area contributed by atoms with E-state index in [4.69, 9.17) is 9.47 Å². The smallest absolute Gasteiger partial charge is 0.410 e. The van der Waals surface area contributed by atoms with Crippen LogP contribution < -0.4 is 4.74 Å². The fraction of sp³-hybridized carbons (Fsp3) is 0.385. The summed E-state index contributed by atoms with van der Waals surface area (Å²) in [4.78, 5) is 29.6. The second-order valence-electron chi connectivity index (χ2n) is 9.14. The summed E-state index contributed by atoms with van der Waals surface area (Å²) in [5.41, 5.74) is 2.25. The van der Waals surface area contributed by atoms with Gasteiger partial charge in [-0.25, -0.2) is 13.6 Å². The monoisotopic (exact) mass is 514 g/mol. The average molecular weight is 515 g/mol. The van der Waals surface area contributed by atoms with Crippen LogP contribution in [0.2, 0.25) is 0 Å². The minimum atomic E-state index is -0.789. The number of halogens is 2. The molecule has 37 heavy (non-hydrogen) atoms. The van der Waals surface area contributed by atoms with Crippen LogP contribution in [0.25, 0.3) is 11.3 Å². The largest absolute Gasteiger partial charge is 0.489 e. The molecule has 9 nitrogen and oxygen atoms in total. The number of rotatable bonds is 8. The number of carboxylic acids is 1. The van der Waals surface area contributed by atoms with Crippen LogP contribution >= 0.6 is 0 Å². The highest BCUT2D eigenvalue weighted by molar-refractivity contribution is 5.70. The second kappa shape index (κ2) is 11.4. The first-order chi connectivity index (χ1) is 17.7. The van der Waals surface area contributed by atoms with Gasteiger partial charge in [-0.1, -0.05) is 0 Å². The summed E-state index contributed by atoms with van der Waals surface area (Å²) in [6, 6.07) is 6.52. The van der Waals surface area contributed by atoms with Crippen LogP contribution in [0.4, 0.5) is 13.6 Å². The molecule has 1 aromatic carbocycles. The first-order valence-corrected chi connectivity index (χ1v) is 11.9. The number of amides is 1. The molecule has 196 valence electrons. The van der Waals surface area contributed by atoms with E-state index in [2.05, 4.69) is 10.1 Å². The fourth-order valence-electron chi connectivity index (χ4n) is 4.38. The zero-order valence-corrected chi connectivity index (χ0v) is 20.6. The van der Waals surface area contributed by atoms with E-state index in [0.717, 1.165) is 31.0 Å². The lowest BCUT2D eigenvalue weighted by Gasteiger charge is -2.27. The van der Waals surface area contributed by atoms with Crippen molar-refractivity contribution in [2.75, 3.05) is 7.05 Å². The van der Waals surface area contributed by atoms with Gasteiger partial charge in [0.15, 0.2) is 0 Å². The molecule has 0 unspecified atom stereocenters. The minimum Gasteiger partial charge on any atom is -0.489 e. The molecule has 1 amide bonds. The SMILES string of the molecule is CN(Cc1c(-c2ccc(O[C@H]3CCC[C@H](C(=O)O)C3)cn2)cnn1C)C(=O)OCc1cc(F)cc(F)c1. The molecule has 3 aromatic rings. The molecule has 1 aliphatic rings. The van der Waals surface area contributed by atoms with Crippen molar-refractivity contribution in [1.29, 1.82) is 0 Å². The molecule has 4 rings (SSSR count). The van der Waals surface area contributed by atoms with Gasteiger partial charge >= 0.3 is 12.1 Å². The van der Waals surface area contributed by atoms with Crippen LogP contribution in [0.3, 0.4) is 0 Å². The van der Waals surface area contributed by atoms with E-state index in [1.165, 1.54) is 4.90 Å². The molecule has 0 aliphatic heterocycles. The number of aliphatic carboxylic acids is 1. The van der Waals surface area contributed by atoms with Crippen molar-refractivity contribution in [2.45, 2.75) is 44.9 Å². The summed E-state index contributed by atoms with van der Waals surface area (Å²) < 4.78 is 39.5. The van der Waals surface area contributed by atoms with Crippen molar-refractivity contribution < 1.29 is 33.0 Å². The van der Waals surface area contributed by atoms with Gasteiger partial charge in [-0.15, -0.1) is 0 Å². The number of pyridine rings is 1. The van der Waals surface area contributed by atoms with E-state index in [9.17, 15) is 23.5 Å². The summed E-state index contributed by atoms with van der Waals surface area (Å²) in [7, 11) is 3.29. The Morgan fingerprint density at radius 1 is 1.16 bits per heavy atom. The van der Waals surface area contributed by atoms with E-state index in [1.54, 1.807) is 43.3 Å². The Morgan fingerprint density at radius 3 is 2.59 bits per heavy atom. The number of aryl methyl sites for hydroxylation is 1. The molecule has 1 saturated carbocycles. The molecular formula is C26H28F2N4O5. The Hall–Kier alpha value is -4.02. The van der Waals surface area contributed by atoms with E-state index in [0.29, 0.717) is 35.5 Å². The molecule has 2 atom stereocenters. The quantitative estimate of drug-likeness (QED) is 0.470. The van der Waals surface area contributed by atoms with Crippen LogP contribution in [-0.4, -0.2) is 50.0 Å². The highest BCUT2D eigenvalue weighted by atomic mass is 19.1. The maximum Gasteiger partial charge on any atom is 0.410 e. The lowest BCUT2D eigenvalue weighted by molar-refractivity contribution is -0.143. The van der Waals surface area contributed by atoms with Gasteiger partial charge < -0.3 is 19.5 Å². The van der Waals surface area contributed by atoms with Gasteiger partial charge in [0, 0.05) is 25.7 Å². The maximum atomic E-state index is 13.4. The zero-order chi connectivity index (χ0) is 26.5. The molecule has 2 heterocycles. The number of hydrogen-bond donors (Lipinski definition) is 1. The predicted molar refractivity (Wildman–Crippen MR) is 128 cm³/mol. The average Bonchev–Trinajstić information content (AvgIpc) is 3.22. The minimum absolute atomic E-state index is 0.154. The Morgan fingerprint density at radius 2 is 1.92 bits per heavy atom. The number of carbonyl (C=O) groups is 2. The molecule has 0 spiro atoms. The van der Waals surface area contributed by atoms with Gasteiger partial charge in [0.2, 0.25) is 0 Å². The van der Waals surface area contributed by atoms with Crippen LogP contribution in [0, 0.1) is 17.6 Å². The van der Waals surface area contributed by atoms with E-state index >= 15 is 0 Å². The molecule has 11 heteroatoms. The van der Waals surface area contributed by atoms with Crippen LogP contribution in [0.1, 0.15) is 36.9 Å². The molecule has 1 fully saturated rings. The normalized spacial score (nSPS) is 17.3. The molecule has 0 saturated heterocycles. The molecular weight excluding hydrogens is 486 g/mol. The molecule has 0 bridgehead atoms.